The van der Waals surface area contributed by atoms with Crippen molar-refractivity contribution in [3.05, 3.63) is 41.2 Å². The summed E-state index contributed by atoms with van der Waals surface area (Å²) in [5.41, 5.74) is 0.530. The van der Waals surface area contributed by atoms with E-state index >= 15 is 0 Å². The average molecular weight is 323 g/mol. The number of rotatable bonds is 2. The first-order chi connectivity index (χ1) is 10.8. The molecule has 0 atom stereocenters. The molecule has 120 valence electrons. The molecule has 0 unspecified atom stereocenters. The van der Waals surface area contributed by atoms with Gasteiger partial charge < -0.3 is 5.32 Å². The zero-order valence-corrected chi connectivity index (χ0v) is 12.2. The van der Waals surface area contributed by atoms with Crippen LogP contribution in [-0.4, -0.2) is 25.9 Å². The molecule has 2 heterocycles. The standard InChI is InChI=1S/C14H12F3N5O/c1-7-5-11(22(2)21-7)13(23)18-12-9-6-8(14(15,16)17)3-4-10(9)19-20-12/h3-6H,1-2H3,(H2,18,19,20,23). The van der Waals surface area contributed by atoms with E-state index in [9.17, 15) is 18.0 Å². The first-order valence-corrected chi connectivity index (χ1v) is 6.63. The minimum atomic E-state index is -4.47. The Morgan fingerprint density at radius 1 is 1.30 bits per heavy atom. The molecule has 3 aromatic rings. The number of anilines is 1. The van der Waals surface area contributed by atoms with Gasteiger partial charge in [0.25, 0.3) is 5.91 Å². The molecule has 0 aliphatic rings. The van der Waals surface area contributed by atoms with Gasteiger partial charge in [-0.25, -0.2) is 0 Å². The van der Waals surface area contributed by atoms with Crippen LogP contribution in [0.15, 0.2) is 24.3 Å². The van der Waals surface area contributed by atoms with Gasteiger partial charge in [-0.1, -0.05) is 0 Å². The molecule has 0 spiro atoms. The smallest absolute Gasteiger partial charge is 0.303 e. The number of aryl methyl sites for hydroxylation is 2. The number of aromatic nitrogens is 4. The minimum absolute atomic E-state index is 0.0370. The Hall–Kier alpha value is -2.84. The summed E-state index contributed by atoms with van der Waals surface area (Å²) in [6.07, 6.45) is -4.47. The van der Waals surface area contributed by atoms with Gasteiger partial charge in [-0.05, 0) is 31.2 Å². The maximum Gasteiger partial charge on any atom is 0.416 e. The number of carbonyl (C=O) groups excluding carboxylic acids is 1. The highest BCUT2D eigenvalue weighted by atomic mass is 19.4. The van der Waals surface area contributed by atoms with Crippen LogP contribution in [0.1, 0.15) is 21.7 Å². The second-order valence-electron chi connectivity index (χ2n) is 5.08. The van der Waals surface area contributed by atoms with Crippen LogP contribution in [0.4, 0.5) is 19.0 Å². The van der Waals surface area contributed by atoms with E-state index in [4.69, 9.17) is 0 Å². The molecule has 0 bridgehead atoms. The van der Waals surface area contributed by atoms with Gasteiger partial charge in [-0.2, -0.15) is 23.4 Å². The van der Waals surface area contributed by atoms with Crippen molar-refractivity contribution in [3.8, 4) is 0 Å². The first kappa shape index (κ1) is 15.1. The van der Waals surface area contributed by atoms with Crippen LogP contribution in [0.3, 0.4) is 0 Å². The highest BCUT2D eigenvalue weighted by Crippen LogP contribution is 2.32. The molecule has 1 amide bonds. The van der Waals surface area contributed by atoms with Crippen LogP contribution in [0, 0.1) is 6.92 Å². The summed E-state index contributed by atoms with van der Waals surface area (Å²) in [4.78, 5) is 12.2. The van der Waals surface area contributed by atoms with Crippen molar-refractivity contribution in [1.29, 1.82) is 0 Å². The number of hydrogen-bond acceptors (Lipinski definition) is 3. The maximum atomic E-state index is 12.8. The molecule has 2 N–H and O–H groups in total. The third-order valence-electron chi connectivity index (χ3n) is 3.36. The number of amides is 1. The third-order valence-corrected chi connectivity index (χ3v) is 3.36. The first-order valence-electron chi connectivity index (χ1n) is 6.63. The lowest BCUT2D eigenvalue weighted by molar-refractivity contribution is -0.137. The number of aromatic amines is 1. The number of nitrogens with zero attached hydrogens (tertiary/aromatic N) is 3. The van der Waals surface area contributed by atoms with Crippen molar-refractivity contribution in [2.75, 3.05) is 5.32 Å². The number of H-pyrrole nitrogens is 1. The SMILES string of the molecule is Cc1cc(C(=O)Nc2n[nH]c3ccc(C(F)(F)F)cc23)n(C)n1. The minimum Gasteiger partial charge on any atom is -0.303 e. The Bertz CT molecular complexity index is 894. The maximum absolute atomic E-state index is 12.8. The highest BCUT2D eigenvalue weighted by molar-refractivity contribution is 6.07. The molecular weight excluding hydrogens is 311 g/mol. The molecule has 9 heteroatoms. The molecule has 0 saturated heterocycles. The van der Waals surface area contributed by atoms with E-state index in [0.717, 1.165) is 12.1 Å². The van der Waals surface area contributed by atoms with E-state index in [-0.39, 0.29) is 16.9 Å². The summed E-state index contributed by atoms with van der Waals surface area (Å²) >= 11 is 0. The van der Waals surface area contributed by atoms with Gasteiger partial charge in [0, 0.05) is 12.4 Å². The van der Waals surface area contributed by atoms with E-state index in [0.29, 0.717) is 11.2 Å². The normalized spacial score (nSPS) is 11.9. The number of nitrogens with one attached hydrogen (secondary N) is 2. The van der Waals surface area contributed by atoms with E-state index < -0.39 is 17.6 Å². The Morgan fingerprint density at radius 2 is 2.04 bits per heavy atom. The molecule has 0 fully saturated rings. The predicted molar refractivity (Wildman–Crippen MR) is 77.0 cm³/mol. The average Bonchev–Trinajstić information content (AvgIpc) is 3.01. The second kappa shape index (κ2) is 5.11. The molecule has 23 heavy (non-hydrogen) atoms. The zero-order valence-electron chi connectivity index (χ0n) is 12.2. The predicted octanol–water partition coefficient (Wildman–Crippen LogP) is 2.88. The van der Waals surface area contributed by atoms with Crippen LogP contribution in [0.5, 0.6) is 0 Å². The Balaban J connectivity index is 1.97. The van der Waals surface area contributed by atoms with Crippen LogP contribution in [0.25, 0.3) is 10.9 Å². The van der Waals surface area contributed by atoms with E-state index in [1.54, 1.807) is 20.0 Å². The highest BCUT2D eigenvalue weighted by Gasteiger charge is 2.31. The summed E-state index contributed by atoms with van der Waals surface area (Å²) in [5.74, 6) is -0.464. The number of alkyl halides is 3. The van der Waals surface area contributed by atoms with Crippen molar-refractivity contribution in [2.24, 2.45) is 7.05 Å². The zero-order chi connectivity index (χ0) is 16.8. The second-order valence-corrected chi connectivity index (χ2v) is 5.08. The summed E-state index contributed by atoms with van der Waals surface area (Å²) in [6, 6.07) is 4.75. The largest absolute Gasteiger partial charge is 0.416 e. The van der Waals surface area contributed by atoms with E-state index in [2.05, 4.69) is 20.6 Å². The molecule has 0 radical (unpaired) electrons. The van der Waals surface area contributed by atoms with Gasteiger partial charge in [0.05, 0.1) is 16.8 Å². The molecule has 1 aromatic carbocycles. The fraction of sp³-hybridized carbons (Fsp3) is 0.214. The molecule has 3 rings (SSSR count). The third kappa shape index (κ3) is 2.77. The monoisotopic (exact) mass is 323 g/mol. The number of fused-ring (bicyclic) bond motifs is 1. The molecule has 0 aliphatic heterocycles. The topological polar surface area (TPSA) is 75.6 Å². The lowest BCUT2D eigenvalue weighted by Crippen LogP contribution is -2.16. The summed E-state index contributed by atoms with van der Waals surface area (Å²) < 4.78 is 39.8. The van der Waals surface area contributed by atoms with Crippen molar-refractivity contribution < 1.29 is 18.0 Å². The Labute approximate surface area is 128 Å². The van der Waals surface area contributed by atoms with Crippen molar-refractivity contribution in [1.82, 2.24) is 20.0 Å². The van der Waals surface area contributed by atoms with Gasteiger partial charge in [-0.15, -0.1) is 0 Å². The molecule has 2 aromatic heterocycles. The number of benzene rings is 1. The van der Waals surface area contributed by atoms with Gasteiger partial charge >= 0.3 is 6.18 Å². The van der Waals surface area contributed by atoms with E-state index in [1.807, 2.05) is 0 Å². The summed E-state index contributed by atoms with van der Waals surface area (Å²) in [7, 11) is 1.60. The molecule has 0 aliphatic carbocycles. The molecular formula is C14H12F3N5O. The van der Waals surface area contributed by atoms with Crippen molar-refractivity contribution in [3.63, 3.8) is 0 Å². The lowest BCUT2D eigenvalue weighted by Gasteiger charge is -2.07. The summed E-state index contributed by atoms with van der Waals surface area (Å²) in [5, 5.41) is 13.2. The van der Waals surface area contributed by atoms with E-state index in [1.165, 1.54) is 10.7 Å². The van der Waals surface area contributed by atoms with Crippen molar-refractivity contribution in [2.45, 2.75) is 13.1 Å². The Morgan fingerprint density at radius 3 is 2.65 bits per heavy atom. The quantitative estimate of drug-likeness (QED) is 0.761. The fourth-order valence-corrected chi connectivity index (χ4v) is 2.28. The molecule has 0 saturated carbocycles. The van der Waals surface area contributed by atoms with Crippen LogP contribution >= 0.6 is 0 Å². The molecule has 6 nitrogen and oxygen atoms in total. The van der Waals surface area contributed by atoms with Gasteiger partial charge in [0.1, 0.15) is 5.69 Å². The van der Waals surface area contributed by atoms with Gasteiger partial charge in [0.2, 0.25) is 0 Å². The summed E-state index contributed by atoms with van der Waals surface area (Å²) in [6.45, 7) is 1.73. The Kier molecular flexibility index (Phi) is 3.35. The van der Waals surface area contributed by atoms with Crippen LogP contribution in [-0.2, 0) is 13.2 Å². The number of halogens is 3. The van der Waals surface area contributed by atoms with Crippen molar-refractivity contribution >= 4 is 22.6 Å². The number of hydrogen-bond donors (Lipinski definition) is 2. The fourth-order valence-electron chi connectivity index (χ4n) is 2.28. The van der Waals surface area contributed by atoms with Gasteiger partial charge in [-0.3, -0.25) is 14.6 Å². The van der Waals surface area contributed by atoms with Gasteiger partial charge in [0.15, 0.2) is 5.82 Å². The number of carbonyl (C=O) groups is 1. The van der Waals surface area contributed by atoms with Crippen LogP contribution in [0.2, 0.25) is 0 Å². The lowest BCUT2D eigenvalue weighted by atomic mass is 10.1. The van der Waals surface area contributed by atoms with Crippen LogP contribution < -0.4 is 5.32 Å².